The first kappa shape index (κ1) is 15.3. The summed E-state index contributed by atoms with van der Waals surface area (Å²) in [6.07, 6.45) is -4.45. The highest BCUT2D eigenvalue weighted by atomic mass is 19.4. The van der Waals surface area contributed by atoms with Crippen molar-refractivity contribution in [1.29, 1.82) is 0 Å². The van der Waals surface area contributed by atoms with Gasteiger partial charge in [0.05, 0.1) is 6.54 Å². The summed E-state index contributed by atoms with van der Waals surface area (Å²) in [5.41, 5.74) is -0.116. The number of alkyl halides is 3. The van der Waals surface area contributed by atoms with Crippen LogP contribution in [0.2, 0.25) is 0 Å². The van der Waals surface area contributed by atoms with Crippen LogP contribution in [0.3, 0.4) is 0 Å². The smallest absolute Gasteiger partial charge is 0.305 e. The summed E-state index contributed by atoms with van der Waals surface area (Å²) in [5.74, 6) is -0.489. The van der Waals surface area contributed by atoms with Crippen LogP contribution in [0.1, 0.15) is 46.3 Å². The molecule has 4 nitrogen and oxygen atoms in total. The SMILES string of the molecule is CC(C)N1Cc2nnc(C(F)(F)F)n2CC1C(C)(C)C. The number of hydrogen-bond donors (Lipinski definition) is 0. The third-order valence-corrected chi connectivity index (χ3v) is 3.82. The fourth-order valence-electron chi connectivity index (χ4n) is 2.72. The highest BCUT2D eigenvalue weighted by Gasteiger charge is 2.43. The quantitative estimate of drug-likeness (QED) is 0.797. The van der Waals surface area contributed by atoms with Crippen molar-refractivity contribution in [3.63, 3.8) is 0 Å². The Hall–Kier alpha value is -1.11. The van der Waals surface area contributed by atoms with E-state index in [0.29, 0.717) is 12.4 Å². The molecule has 0 aliphatic carbocycles. The second-order valence-electron chi connectivity index (χ2n) is 6.70. The summed E-state index contributed by atoms with van der Waals surface area (Å²) >= 11 is 0. The zero-order chi connectivity index (χ0) is 15.3. The lowest BCUT2D eigenvalue weighted by Gasteiger charge is -2.45. The normalized spacial score (nSPS) is 21.4. The number of fused-ring (bicyclic) bond motifs is 1. The molecular weight excluding hydrogens is 269 g/mol. The van der Waals surface area contributed by atoms with Gasteiger partial charge in [0.2, 0.25) is 5.82 Å². The first-order chi connectivity index (χ1) is 9.01. The Balaban J connectivity index is 2.43. The van der Waals surface area contributed by atoms with E-state index < -0.39 is 12.0 Å². The summed E-state index contributed by atoms with van der Waals surface area (Å²) in [6.45, 7) is 10.9. The van der Waals surface area contributed by atoms with Crippen LogP contribution in [0.15, 0.2) is 0 Å². The van der Waals surface area contributed by atoms with E-state index in [9.17, 15) is 13.2 Å². The number of rotatable bonds is 1. The lowest BCUT2D eigenvalue weighted by atomic mass is 9.84. The highest BCUT2D eigenvalue weighted by Crippen LogP contribution is 2.35. The van der Waals surface area contributed by atoms with E-state index in [4.69, 9.17) is 0 Å². The van der Waals surface area contributed by atoms with E-state index in [-0.39, 0.29) is 24.0 Å². The Morgan fingerprint density at radius 1 is 1.15 bits per heavy atom. The molecule has 0 amide bonds. The van der Waals surface area contributed by atoms with Crippen molar-refractivity contribution in [3.8, 4) is 0 Å². The van der Waals surface area contributed by atoms with Gasteiger partial charge in [0.25, 0.3) is 0 Å². The Bertz CT molecular complexity index is 485. The van der Waals surface area contributed by atoms with Crippen molar-refractivity contribution in [2.24, 2.45) is 5.41 Å². The maximum absolute atomic E-state index is 13.0. The lowest BCUT2D eigenvalue weighted by molar-refractivity contribution is -0.149. The zero-order valence-corrected chi connectivity index (χ0v) is 12.5. The Labute approximate surface area is 117 Å². The number of halogens is 3. The van der Waals surface area contributed by atoms with Gasteiger partial charge in [-0.15, -0.1) is 10.2 Å². The molecule has 0 N–H and O–H groups in total. The fourth-order valence-corrected chi connectivity index (χ4v) is 2.72. The van der Waals surface area contributed by atoms with Crippen LogP contribution in [0.5, 0.6) is 0 Å². The second kappa shape index (κ2) is 4.72. The molecule has 1 aliphatic heterocycles. The van der Waals surface area contributed by atoms with Gasteiger partial charge in [-0.2, -0.15) is 13.2 Å². The maximum Gasteiger partial charge on any atom is 0.451 e. The van der Waals surface area contributed by atoms with Gasteiger partial charge in [-0.3, -0.25) is 4.90 Å². The number of aromatic nitrogens is 3. The molecule has 1 unspecified atom stereocenters. The van der Waals surface area contributed by atoms with Crippen molar-refractivity contribution in [2.45, 2.75) is 66.0 Å². The van der Waals surface area contributed by atoms with Crippen molar-refractivity contribution >= 4 is 0 Å². The van der Waals surface area contributed by atoms with Crippen LogP contribution in [0.25, 0.3) is 0 Å². The van der Waals surface area contributed by atoms with Gasteiger partial charge in [-0.25, -0.2) is 0 Å². The predicted octanol–water partition coefficient (Wildman–Crippen LogP) is 2.94. The molecule has 7 heteroatoms. The molecule has 2 heterocycles. The van der Waals surface area contributed by atoms with Crippen LogP contribution in [0.4, 0.5) is 13.2 Å². The summed E-state index contributed by atoms with van der Waals surface area (Å²) in [6, 6.07) is 0.270. The van der Waals surface area contributed by atoms with Crippen LogP contribution < -0.4 is 0 Å². The van der Waals surface area contributed by atoms with E-state index in [1.807, 2.05) is 0 Å². The Morgan fingerprint density at radius 2 is 1.75 bits per heavy atom. The molecule has 0 fully saturated rings. The van der Waals surface area contributed by atoms with Gasteiger partial charge >= 0.3 is 6.18 Å². The minimum absolute atomic E-state index is 0.0205. The van der Waals surface area contributed by atoms with Gasteiger partial charge in [0.1, 0.15) is 5.82 Å². The summed E-state index contributed by atoms with van der Waals surface area (Å²) in [7, 11) is 0. The van der Waals surface area contributed by atoms with E-state index in [2.05, 4.69) is 49.7 Å². The van der Waals surface area contributed by atoms with Crippen molar-refractivity contribution in [3.05, 3.63) is 11.6 Å². The summed E-state index contributed by atoms with van der Waals surface area (Å²) in [5, 5.41) is 7.06. The molecule has 114 valence electrons. The largest absolute Gasteiger partial charge is 0.451 e. The van der Waals surface area contributed by atoms with Gasteiger partial charge in [-0.1, -0.05) is 20.8 Å². The molecule has 1 aromatic rings. The minimum atomic E-state index is -4.45. The third-order valence-electron chi connectivity index (χ3n) is 3.82. The molecule has 0 saturated heterocycles. The van der Waals surface area contributed by atoms with Crippen LogP contribution in [0, 0.1) is 5.41 Å². The first-order valence-corrected chi connectivity index (χ1v) is 6.77. The number of hydrogen-bond acceptors (Lipinski definition) is 3. The highest BCUT2D eigenvalue weighted by molar-refractivity contribution is 5.06. The van der Waals surface area contributed by atoms with E-state index in [0.717, 1.165) is 0 Å². The molecule has 0 aromatic carbocycles. The molecule has 20 heavy (non-hydrogen) atoms. The molecule has 1 aliphatic rings. The number of nitrogens with zero attached hydrogens (tertiary/aromatic N) is 4. The molecule has 0 bridgehead atoms. The van der Waals surface area contributed by atoms with Gasteiger partial charge in [0, 0.05) is 18.6 Å². The van der Waals surface area contributed by atoms with Gasteiger partial charge in [-0.05, 0) is 19.3 Å². The van der Waals surface area contributed by atoms with Crippen LogP contribution in [-0.4, -0.2) is 31.7 Å². The van der Waals surface area contributed by atoms with Crippen molar-refractivity contribution in [2.75, 3.05) is 0 Å². The zero-order valence-electron chi connectivity index (χ0n) is 12.5. The predicted molar refractivity (Wildman–Crippen MR) is 68.9 cm³/mol. The van der Waals surface area contributed by atoms with Crippen LogP contribution >= 0.6 is 0 Å². The fraction of sp³-hybridized carbons (Fsp3) is 0.846. The average molecular weight is 290 g/mol. The monoisotopic (exact) mass is 290 g/mol. The standard InChI is InChI=1S/C13H21F3N4/c1-8(2)19-7-10-17-18-11(13(14,15)16)20(10)6-9(19)12(3,4)5/h8-9H,6-7H2,1-5H3. The maximum atomic E-state index is 13.0. The average Bonchev–Trinajstić information content (AvgIpc) is 2.67. The molecule has 0 radical (unpaired) electrons. The molecule has 0 saturated carbocycles. The minimum Gasteiger partial charge on any atom is -0.305 e. The lowest BCUT2D eigenvalue weighted by Crippen LogP contribution is -2.53. The first-order valence-electron chi connectivity index (χ1n) is 6.77. The topological polar surface area (TPSA) is 34.0 Å². The van der Waals surface area contributed by atoms with E-state index in [1.165, 1.54) is 4.57 Å². The molecule has 1 aromatic heterocycles. The molecule has 1 atom stereocenters. The van der Waals surface area contributed by atoms with Crippen LogP contribution in [-0.2, 0) is 19.3 Å². The van der Waals surface area contributed by atoms with Gasteiger partial charge in [0.15, 0.2) is 0 Å². The van der Waals surface area contributed by atoms with E-state index >= 15 is 0 Å². The second-order valence-corrected chi connectivity index (χ2v) is 6.70. The van der Waals surface area contributed by atoms with Crippen molar-refractivity contribution < 1.29 is 13.2 Å². The molecular formula is C13H21F3N4. The summed E-state index contributed by atoms with van der Waals surface area (Å²) in [4.78, 5) is 2.20. The Kier molecular flexibility index (Phi) is 3.60. The molecule has 0 spiro atoms. The van der Waals surface area contributed by atoms with Gasteiger partial charge < -0.3 is 4.57 Å². The van der Waals surface area contributed by atoms with Crippen molar-refractivity contribution in [1.82, 2.24) is 19.7 Å². The Morgan fingerprint density at radius 3 is 2.20 bits per heavy atom. The van der Waals surface area contributed by atoms with E-state index in [1.54, 1.807) is 0 Å². The molecule has 2 rings (SSSR count). The summed E-state index contributed by atoms with van der Waals surface area (Å²) < 4.78 is 40.1. The third kappa shape index (κ3) is 2.68.